The normalized spacial score (nSPS) is 13.0. The largest absolute Gasteiger partial charge is 0 e. The minimum atomic E-state index is -1.83. The molecule has 0 spiro atoms. The van der Waals surface area contributed by atoms with E-state index in [9.17, 15) is 0 Å². The Morgan fingerprint density at radius 3 is 1.75 bits per heavy atom. The Hall–Kier alpha value is -4.81. The van der Waals surface area contributed by atoms with Crippen molar-refractivity contribution in [1.82, 2.24) is 9.97 Å². The maximum Gasteiger partial charge on any atom is 0 e. The smallest absolute Gasteiger partial charge is 0 e. The number of fused-ring (bicyclic) bond motifs is 6. The molecule has 0 amide bonds. The van der Waals surface area contributed by atoms with Gasteiger partial charge in [-0.3, -0.25) is 0 Å². The molecule has 1 unspecified atom stereocenters. The Balaban J connectivity index is 0.000000162. The zero-order valence-electron chi connectivity index (χ0n) is 29.8. The Bertz CT molecular complexity index is 2660. The Kier molecular flexibility index (Phi) is 9.44. The van der Waals surface area contributed by atoms with E-state index in [1.54, 1.807) is 6.20 Å². The van der Waals surface area contributed by atoms with Crippen molar-refractivity contribution in [3.8, 4) is 22.5 Å². The summed E-state index contributed by atoms with van der Waals surface area (Å²) in [6.07, 6.45) is 3.79. The number of pyridine rings is 2. The third-order valence-corrected chi connectivity index (χ3v) is 13.5. The zero-order chi connectivity index (χ0) is 35.2. The summed E-state index contributed by atoms with van der Waals surface area (Å²) in [6, 6.07) is 48.7. The molecule has 0 aliphatic rings. The van der Waals surface area contributed by atoms with E-state index in [0.29, 0.717) is 0 Å². The molecule has 4 aromatic heterocycles. The van der Waals surface area contributed by atoms with Crippen LogP contribution in [0.15, 0.2) is 149 Å². The van der Waals surface area contributed by atoms with E-state index in [1.165, 1.54) is 4.40 Å². The molecule has 6 heteroatoms. The van der Waals surface area contributed by atoms with Gasteiger partial charge < -0.3 is 9.40 Å². The monoisotopic (exact) mass is 904 g/mol. The number of aromatic nitrogens is 2. The second kappa shape index (κ2) is 14.4. The first-order valence-electron chi connectivity index (χ1n) is 17.3. The molecule has 5 aromatic carbocycles. The first-order valence-corrected chi connectivity index (χ1v) is 24.2. The molecule has 253 valence electrons. The SMILES string of the molecule is [2H]C(C)(c1ccccc1)c1ccnc(-c2[c-]ccc3c2oc2ccccc23)c1.[CH3][Ge]([CH3])([CH3])[c]1ccc(-c2[c-]ccc3c2oc2ccccc23)nc1.[Ir]. The maximum atomic E-state index is 8.96. The van der Waals surface area contributed by atoms with Crippen LogP contribution in [0.25, 0.3) is 66.4 Å². The summed E-state index contributed by atoms with van der Waals surface area (Å²) in [5, 5.41) is 4.39. The maximum absolute atomic E-state index is 8.96. The van der Waals surface area contributed by atoms with Crippen LogP contribution in [-0.2, 0) is 20.1 Å². The fraction of sp³-hybridized carbons (Fsp3) is 0.111. The zero-order valence-corrected chi connectivity index (χ0v) is 33.3. The fourth-order valence-electron chi connectivity index (χ4n) is 6.40. The summed E-state index contributed by atoms with van der Waals surface area (Å²) in [6.45, 7) is 1.91. The predicted molar refractivity (Wildman–Crippen MR) is 209 cm³/mol. The van der Waals surface area contributed by atoms with Gasteiger partial charge in [0.25, 0.3) is 0 Å². The average molecular weight is 903 g/mol. The van der Waals surface area contributed by atoms with E-state index in [2.05, 4.69) is 64.7 Å². The van der Waals surface area contributed by atoms with Gasteiger partial charge in [-0.25, -0.2) is 0 Å². The first-order chi connectivity index (χ1) is 24.7. The van der Waals surface area contributed by atoms with E-state index in [0.717, 1.165) is 77.5 Å². The number of hydrogen-bond donors (Lipinski definition) is 0. The van der Waals surface area contributed by atoms with Gasteiger partial charge in [-0.15, -0.1) is 18.2 Å². The third kappa shape index (κ3) is 6.82. The van der Waals surface area contributed by atoms with Gasteiger partial charge >= 0.3 is 138 Å². The van der Waals surface area contributed by atoms with Gasteiger partial charge in [0.2, 0.25) is 0 Å². The summed E-state index contributed by atoms with van der Waals surface area (Å²) in [4.78, 5) is 9.25. The molecule has 0 aliphatic carbocycles. The van der Waals surface area contributed by atoms with Gasteiger partial charge in [0, 0.05) is 39.0 Å². The Labute approximate surface area is 315 Å². The van der Waals surface area contributed by atoms with Crippen LogP contribution in [-0.4, -0.2) is 23.2 Å². The predicted octanol–water partition coefficient (Wildman–Crippen LogP) is 11.6. The van der Waals surface area contributed by atoms with Gasteiger partial charge in [-0.1, -0.05) is 72.5 Å². The summed E-state index contributed by atoms with van der Waals surface area (Å²) in [5.41, 5.74) is 8.66. The molecule has 4 heterocycles. The standard InChI is InChI=1S/C25H18NO.C20H18GeNO.Ir/c1-17(18-8-3-2-4-9-18)19-14-15-26-23(16-19)22-12-7-11-21-20-10-5-6-13-24(20)27-25(21)22;1-21(2,3)14-11-12-18(22-13-14)17-9-6-8-16-15-7-4-5-10-19(15)23-20(16)17;/h2-11,13-17H,1H3;4-8,10-13H,1-3H3;/q2*-1;/i17D;;. The molecule has 1 atom stereocenters. The summed E-state index contributed by atoms with van der Waals surface area (Å²) in [7, 11) is 0. The molecule has 0 aliphatic heterocycles. The number of hydrogen-bond acceptors (Lipinski definition) is 4. The molecule has 9 rings (SSSR count). The van der Waals surface area contributed by atoms with Crippen LogP contribution in [0.3, 0.4) is 0 Å². The minimum Gasteiger partial charge on any atom is 0 e. The number of nitrogens with zero attached hydrogens (tertiary/aromatic N) is 2. The molecule has 0 fully saturated rings. The van der Waals surface area contributed by atoms with Gasteiger partial charge in [-0.05, 0) is 29.0 Å². The molecule has 0 bridgehead atoms. The molecule has 9 aromatic rings. The number of para-hydroxylation sites is 2. The third-order valence-electron chi connectivity index (χ3n) is 9.22. The van der Waals surface area contributed by atoms with Gasteiger partial charge in [0.15, 0.2) is 0 Å². The fourth-order valence-corrected chi connectivity index (χ4v) is 8.57. The quantitative estimate of drug-likeness (QED) is 0.128. The van der Waals surface area contributed by atoms with E-state index in [4.69, 9.17) is 15.2 Å². The number of benzene rings is 5. The molecule has 4 nitrogen and oxygen atoms in total. The first kappa shape index (κ1) is 33.3. The van der Waals surface area contributed by atoms with Crippen molar-refractivity contribution in [2.24, 2.45) is 0 Å². The van der Waals surface area contributed by atoms with Crippen LogP contribution in [0.5, 0.6) is 0 Å². The average Bonchev–Trinajstić information content (AvgIpc) is 3.74. The van der Waals surface area contributed by atoms with Crippen molar-refractivity contribution >= 4 is 61.5 Å². The van der Waals surface area contributed by atoms with Crippen molar-refractivity contribution < 1.29 is 30.3 Å². The summed E-state index contributed by atoms with van der Waals surface area (Å²) in [5.74, 6) is 6.26. The van der Waals surface area contributed by atoms with Crippen molar-refractivity contribution in [2.75, 3.05) is 0 Å². The summed E-state index contributed by atoms with van der Waals surface area (Å²) >= 11 is -1.83. The topological polar surface area (TPSA) is 52.1 Å². The van der Waals surface area contributed by atoms with Gasteiger partial charge in [0.05, 0.1) is 5.58 Å². The van der Waals surface area contributed by atoms with Crippen molar-refractivity contribution in [3.63, 3.8) is 0 Å². The van der Waals surface area contributed by atoms with Crippen LogP contribution < -0.4 is 4.40 Å². The second-order valence-electron chi connectivity index (χ2n) is 13.5. The van der Waals surface area contributed by atoms with Crippen LogP contribution >= 0.6 is 0 Å². The van der Waals surface area contributed by atoms with Crippen LogP contribution in [0.1, 0.15) is 25.3 Å². The molecule has 0 saturated heterocycles. The van der Waals surface area contributed by atoms with Crippen molar-refractivity contribution in [3.05, 3.63) is 163 Å². The van der Waals surface area contributed by atoms with Crippen LogP contribution in [0.2, 0.25) is 17.3 Å². The van der Waals surface area contributed by atoms with Crippen LogP contribution in [0, 0.1) is 12.1 Å². The van der Waals surface area contributed by atoms with E-state index in [-0.39, 0.29) is 20.1 Å². The molecule has 51 heavy (non-hydrogen) atoms. The van der Waals surface area contributed by atoms with E-state index in [1.807, 2.05) is 110 Å². The number of rotatable bonds is 5. The second-order valence-corrected chi connectivity index (χ2v) is 24.1. The van der Waals surface area contributed by atoms with Crippen LogP contribution in [0.4, 0.5) is 0 Å². The minimum absolute atomic E-state index is 0. The Morgan fingerprint density at radius 1 is 0.608 bits per heavy atom. The van der Waals surface area contributed by atoms with Gasteiger partial charge in [0.1, 0.15) is 5.58 Å². The van der Waals surface area contributed by atoms with E-state index < -0.39 is 19.2 Å². The Morgan fingerprint density at radius 2 is 1.18 bits per heavy atom. The van der Waals surface area contributed by atoms with Crippen molar-refractivity contribution in [1.29, 1.82) is 0 Å². The molecular weight excluding hydrogens is 865 g/mol. The molecular formula is C45H36GeIrN2O2-2. The summed E-state index contributed by atoms with van der Waals surface area (Å²) < 4.78 is 22.6. The molecule has 0 saturated carbocycles. The van der Waals surface area contributed by atoms with E-state index >= 15 is 0 Å². The molecule has 1 radical (unpaired) electrons. The van der Waals surface area contributed by atoms with Crippen molar-refractivity contribution in [2.45, 2.75) is 30.1 Å². The molecule has 0 N–H and O–H groups in total. The van der Waals surface area contributed by atoms with Gasteiger partial charge in [-0.2, -0.15) is 0 Å². The number of furan rings is 2.